The summed E-state index contributed by atoms with van der Waals surface area (Å²) >= 11 is 0. The van der Waals surface area contributed by atoms with Gasteiger partial charge in [0.25, 0.3) is 0 Å². The molecule has 1 aromatic carbocycles. The Bertz CT molecular complexity index is 274. The SMILES string of the molecule is C=Cc1ccccc1C=C.OCCCCO. The molecule has 0 fully saturated rings. The van der Waals surface area contributed by atoms with Crippen molar-refractivity contribution in [2.24, 2.45) is 0 Å². The molecule has 0 aliphatic carbocycles. The average molecular weight is 220 g/mol. The van der Waals surface area contributed by atoms with Gasteiger partial charge in [-0.1, -0.05) is 49.6 Å². The zero-order valence-electron chi connectivity index (χ0n) is 9.60. The molecule has 0 spiro atoms. The van der Waals surface area contributed by atoms with Gasteiger partial charge in [0, 0.05) is 13.2 Å². The zero-order valence-corrected chi connectivity index (χ0v) is 9.60. The average Bonchev–Trinajstić information content (AvgIpc) is 2.36. The van der Waals surface area contributed by atoms with Gasteiger partial charge in [-0.15, -0.1) is 0 Å². The quantitative estimate of drug-likeness (QED) is 0.749. The third-order valence-corrected chi connectivity index (χ3v) is 2.00. The maximum absolute atomic E-state index is 8.09. The van der Waals surface area contributed by atoms with Crippen LogP contribution in [0.25, 0.3) is 12.2 Å². The number of aliphatic hydroxyl groups is 2. The summed E-state index contributed by atoms with van der Waals surface area (Å²) in [7, 11) is 0. The highest BCUT2D eigenvalue weighted by Gasteiger charge is 1.89. The first-order valence-electron chi connectivity index (χ1n) is 5.35. The molecule has 1 aromatic rings. The highest BCUT2D eigenvalue weighted by Crippen LogP contribution is 2.10. The monoisotopic (exact) mass is 220 g/mol. The molecule has 0 aliphatic rings. The number of hydrogen-bond acceptors (Lipinski definition) is 2. The van der Waals surface area contributed by atoms with E-state index in [2.05, 4.69) is 13.2 Å². The van der Waals surface area contributed by atoms with Gasteiger partial charge in [-0.05, 0) is 24.0 Å². The van der Waals surface area contributed by atoms with E-state index in [1.807, 2.05) is 36.4 Å². The third-order valence-electron chi connectivity index (χ3n) is 2.00. The molecular weight excluding hydrogens is 200 g/mol. The highest BCUT2D eigenvalue weighted by atomic mass is 16.3. The number of rotatable bonds is 5. The van der Waals surface area contributed by atoms with Crippen LogP contribution in [0.15, 0.2) is 37.4 Å². The molecule has 0 unspecified atom stereocenters. The number of unbranched alkanes of at least 4 members (excludes halogenated alkanes) is 1. The van der Waals surface area contributed by atoms with Gasteiger partial charge in [0.15, 0.2) is 0 Å². The van der Waals surface area contributed by atoms with E-state index in [1.54, 1.807) is 0 Å². The Morgan fingerprint density at radius 2 is 1.25 bits per heavy atom. The molecule has 2 heteroatoms. The number of benzene rings is 1. The van der Waals surface area contributed by atoms with E-state index in [-0.39, 0.29) is 13.2 Å². The third kappa shape index (κ3) is 6.17. The molecule has 0 aromatic heterocycles. The summed E-state index contributed by atoms with van der Waals surface area (Å²) < 4.78 is 0. The molecule has 2 nitrogen and oxygen atoms in total. The first-order chi connectivity index (χ1) is 7.79. The predicted octanol–water partition coefficient (Wildman–Crippen LogP) is 2.72. The summed E-state index contributed by atoms with van der Waals surface area (Å²) in [5.41, 5.74) is 2.27. The van der Waals surface area contributed by atoms with Gasteiger partial charge < -0.3 is 10.2 Å². The lowest BCUT2D eigenvalue weighted by Gasteiger charge is -1.96. The molecule has 0 amide bonds. The van der Waals surface area contributed by atoms with Gasteiger partial charge in [0.05, 0.1) is 0 Å². The Hall–Kier alpha value is -1.38. The molecule has 16 heavy (non-hydrogen) atoms. The minimum Gasteiger partial charge on any atom is -0.396 e. The van der Waals surface area contributed by atoms with Crippen LogP contribution in [-0.2, 0) is 0 Å². The molecular formula is C14H20O2. The first kappa shape index (κ1) is 14.6. The largest absolute Gasteiger partial charge is 0.396 e. The van der Waals surface area contributed by atoms with Crippen LogP contribution in [0.4, 0.5) is 0 Å². The van der Waals surface area contributed by atoms with Gasteiger partial charge in [-0.25, -0.2) is 0 Å². The fourth-order valence-corrected chi connectivity index (χ4v) is 1.11. The van der Waals surface area contributed by atoms with Crippen LogP contribution in [0.1, 0.15) is 24.0 Å². The van der Waals surface area contributed by atoms with E-state index in [1.165, 1.54) is 0 Å². The van der Waals surface area contributed by atoms with E-state index >= 15 is 0 Å². The van der Waals surface area contributed by atoms with Gasteiger partial charge in [-0.2, -0.15) is 0 Å². The molecule has 0 saturated heterocycles. The Labute approximate surface area is 97.6 Å². The summed E-state index contributed by atoms with van der Waals surface area (Å²) in [5, 5.41) is 16.2. The smallest absolute Gasteiger partial charge is 0.0431 e. The molecule has 0 atom stereocenters. The second-order valence-electron chi connectivity index (χ2n) is 3.19. The van der Waals surface area contributed by atoms with Crippen LogP contribution in [-0.4, -0.2) is 23.4 Å². The molecule has 0 saturated carbocycles. The molecule has 0 radical (unpaired) electrons. The lowest BCUT2D eigenvalue weighted by molar-refractivity contribution is 0.242. The van der Waals surface area contributed by atoms with Crippen molar-refractivity contribution in [1.29, 1.82) is 0 Å². The molecule has 2 N–H and O–H groups in total. The van der Waals surface area contributed by atoms with E-state index in [0.717, 1.165) is 24.0 Å². The maximum Gasteiger partial charge on any atom is 0.0431 e. The van der Waals surface area contributed by atoms with Crippen LogP contribution >= 0.6 is 0 Å². The fourth-order valence-electron chi connectivity index (χ4n) is 1.11. The molecule has 0 bridgehead atoms. The van der Waals surface area contributed by atoms with Crippen molar-refractivity contribution in [3.8, 4) is 0 Å². The second kappa shape index (κ2) is 10.1. The summed E-state index contributed by atoms with van der Waals surface area (Å²) in [6, 6.07) is 8.02. The van der Waals surface area contributed by atoms with E-state index < -0.39 is 0 Å². The maximum atomic E-state index is 8.09. The Balaban J connectivity index is 0.000000325. The van der Waals surface area contributed by atoms with Crippen molar-refractivity contribution < 1.29 is 10.2 Å². The zero-order chi connectivity index (χ0) is 12.2. The van der Waals surface area contributed by atoms with Crippen molar-refractivity contribution in [1.82, 2.24) is 0 Å². The Morgan fingerprint density at radius 3 is 1.50 bits per heavy atom. The molecule has 88 valence electrons. The van der Waals surface area contributed by atoms with Crippen molar-refractivity contribution in [2.45, 2.75) is 12.8 Å². The Morgan fingerprint density at radius 1 is 0.875 bits per heavy atom. The molecule has 0 heterocycles. The van der Waals surface area contributed by atoms with Crippen LogP contribution in [0.2, 0.25) is 0 Å². The van der Waals surface area contributed by atoms with Crippen LogP contribution < -0.4 is 0 Å². The second-order valence-corrected chi connectivity index (χ2v) is 3.19. The first-order valence-corrected chi connectivity index (χ1v) is 5.35. The normalized spacial score (nSPS) is 8.88. The lowest BCUT2D eigenvalue weighted by atomic mass is 10.1. The van der Waals surface area contributed by atoms with Gasteiger partial charge in [-0.3, -0.25) is 0 Å². The fraction of sp³-hybridized carbons (Fsp3) is 0.286. The highest BCUT2D eigenvalue weighted by molar-refractivity contribution is 5.63. The Kier molecular flexibility index (Phi) is 9.27. The standard InChI is InChI=1S/C10H10.C4H10O2/c1-3-9-7-5-6-8-10(9)4-2;5-3-1-2-4-6/h3-8H,1-2H2;5-6H,1-4H2. The number of hydrogen-bond donors (Lipinski definition) is 2. The summed E-state index contributed by atoms with van der Waals surface area (Å²) in [6.07, 6.45) is 5.10. The lowest BCUT2D eigenvalue weighted by Crippen LogP contribution is -1.85. The summed E-state index contributed by atoms with van der Waals surface area (Å²) in [4.78, 5) is 0. The minimum absolute atomic E-state index is 0.195. The van der Waals surface area contributed by atoms with E-state index in [9.17, 15) is 0 Å². The van der Waals surface area contributed by atoms with Crippen molar-refractivity contribution in [3.63, 3.8) is 0 Å². The van der Waals surface area contributed by atoms with Crippen molar-refractivity contribution >= 4 is 12.2 Å². The van der Waals surface area contributed by atoms with Gasteiger partial charge in [0.2, 0.25) is 0 Å². The van der Waals surface area contributed by atoms with Gasteiger partial charge >= 0.3 is 0 Å². The minimum atomic E-state index is 0.195. The molecule has 1 rings (SSSR count). The van der Waals surface area contributed by atoms with Crippen LogP contribution in [0.5, 0.6) is 0 Å². The van der Waals surface area contributed by atoms with E-state index in [0.29, 0.717) is 0 Å². The van der Waals surface area contributed by atoms with Crippen molar-refractivity contribution in [2.75, 3.05) is 13.2 Å². The van der Waals surface area contributed by atoms with Crippen LogP contribution in [0, 0.1) is 0 Å². The van der Waals surface area contributed by atoms with Crippen LogP contribution in [0.3, 0.4) is 0 Å². The summed E-state index contributed by atoms with van der Waals surface area (Å²) in [6.45, 7) is 7.77. The summed E-state index contributed by atoms with van der Waals surface area (Å²) in [5.74, 6) is 0. The van der Waals surface area contributed by atoms with Gasteiger partial charge in [0.1, 0.15) is 0 Å². The molecule has 0 aliphatic heterocycles. The van der Waals surface area contributed by atoms with E-state index in [4.69, 9.17) is 10.2 Å². The van der Waals surface area contributed by atoms with Crippen molar-refractivity contribution in [3.05, 3.63) is 48.6 Å². The number of aliphatic hydroxyl groups excluding tert-OH is 2. The predicted molar refractivity (Wildman–Crippen MR) is 70.0 cm³/mol. The topological polar surface area (TPSA) is 40.5 Å².